The number of nitrogens with zero attached hydrogens (tertiary/aromatic N) is 1. The molecule has 12 heavy (non-hydrogen) atoms. The summed E-state index contributed by atoms with van der Waals surface area (Å²) in [6.45, 7) is 0. The van der Waals surface area contributed by atoms with Crippen LogP contribution in [-0.4, -0.2) is 9.97 Å². The predicted octanol–water partition coefficient (Wildman–Crippen LogP) is 1.68. The zero-order valence-corrected chi connectivity index (χ0v) is 6.64. The number of rotatable bonds is 0. The zero-order chi connectivity index (χ0) is 8.65. The van der Waals surface area contributed by atoms with E-state index in [0.717, 1.165) is 5.69 Å². The third kappa shape index (κ3) is 3.41. The predicted molar refractivity (Wildman–Crippen MR) is 49.4 cm³/mol. The van der Waals surface area contributed by atoms with Crippen molar-refractivity contribution in [2.45, 2.75) is 0 Å². The van der Waals surface area contributed by atoms with E-state index in [9.17, 15) is 0 Å². The standard InChI is InChI=1S/C6H7N.C3H4N2/c7-6-4-2-1-3-5-6;1-2-5-3-4-1/h1-5H,7H2;1-3H,(H,4,5). The van der Waals surface area contributed by atoms with Gasteiger partial charge in [-0.1, -0.05) is 18.2 Å². The molecule has 0 aliphatic heterocycles. The van der Waals surface area contributed by atoms with Crippen LogP contribution in [0.5, 0.6) is 0 Å². The summed E-state index contributed by atoms with van der Waals surface area (Å²) < 4.78 is 0. The number of para-hydroxylation sites is 1. The molecular formula is C9H11N3. The molecule has 3 N–H and O–H groups in total. The second kappa shape index (κ2) is 4.96. The van der Waals surface area contributed by atoms with Gasteiger partial charge in [-0.25, -0.2) is 4.98 Å². The first kappa shape index (κ1) is 8.33. The van der Waals surface area contributed by atoms with Gasteiger partial charge in [0.05, 0.1) is 6.33 Å². The van der Waals surface area contributed by atoms with Crippen molar-refractivity contribution >= 4 is 5.69 Å². The second-order valence-electron chi connectivity index (χ2n) is 2.17. The first-order valence-electron chi connectivity index (χ1n) is 3.63. The van der Waals surface area contributed by atoms with Crippen molar-refractivity contribution in [2.75, 3.05) is 5.73 Å². The van der Waals surface area contributed by atoms with Gasteiger partial charge in [0.2, 0.25) is 0 Å². The molecule has 0 radical (unpaired) electrons. The molecule has 0 aliphatic carbocycles. The van der Waals surface area contributed by atoms with Crippen LogP contribution in [0.4, 0.5) is 5.69 Å². The van der Waals surface area contributed by atoms with Crippen LogP contribution in [0.3, 0.4) is 0 Å². The minimum Gasteiger partial charge on any atom is -0.399 e. The molecule has 3 nitrogen and oxygen atoms in total. The zero-order valence-electron chi connectivity index (χ0n) is 6.64. The molecule has 2 aromatic rings. The van der Waals surface area contributed by atoms with Crippen LogP contribution in [0, 0.1) is 0 Å². The highest BCUT2D eigenvalue weighted by atomic mass is 14.8. The van der Waals surface area contributed by atoms with E-state index in [1.165, 1.54) is 0 Å². The van der Waals surface area contributed by atoms with Crippen LogP contribution < -0.4 is 5.73 Å². The number of anilines is 1. The molecule has 62 valence electrons. The maximum atomic E-state index is 5.36. The van der Waals surface area contributed by atoms with Crippen molar-refractivity contribution in [1.82, 2.24) is 9.97 Å². The molecule has 1 heterocycles. The number of nitrogens with one attached hydrogen (secondary N) is 1. The average molecular weight is 161 g/mol. The van der Waals surface area contributed by atoms with Gasteiger partial charge in [0.15, 0.2) is 0 Å². The number of hydrogen-bond acceptors (Lipinski definition) is 2. The Morgan fingerprint density at radius 2 is 1.92 bits per heavy atom. The number of aromatic nitrogens is 2. The van der Waals surface area contributed by atoms with Crippen LogP contribution in [-0.2, 0) is 0 Å². The van der Waals surface area contributed by atoms with Crippen LogP contribution in [0.1, 0.15) is 0 Å². The molecule has 3 heteroatoms. The van der Waals surface area contributed by atoms with Gasteiger partial charge in [0.1, 0.15) is 0 Å². The maximum absolute atomic E-state index is 5.36. The molecule has 0 fully saturated rings. The highest BCUT2D eigenvalue weighted by Gasteiger charge is 1.72. The lowest BCUT2D eigenvalue weighted by Crippen LogP contribution is -1.79. The van der Waals surface area contributed by atoms with E-state index in [4.69, 9.17) is 5.73 Å². The Labute approximate surface area is 71.3 Å². The number of hydrogen-bond donors (Lipinski definition) is 2. The number of nitrogen functional groups attached to an aromatic ring is 1. The van der Waals surface area contributed by atoms with E-state index in [2.05, 4.69) is 9.97 Å². The monoisotopic (exact) mass is 161 g/mol. The number of aromatic amines is 1. The fraction of sp³-hybridized carbons (Fsp3) is 0. The van der Waals surface area contributed by atoms with E-state index in [-0.39, 0.29) is 0 Å². The molecule has 1 aromatic carbocycles. The van der Waals surface area contributed by atoms with Crippen LogP contribution in [0.15, 0.2) is 49.1 Å². The Hall–Kier alpha value is -1.77. The molecule has 0 saturated heterocycles. The second-order valence-corrected chi connectivity index (χ2v) is 2.17. The Balaban J connectivity index is 0.000000127. The van der Waals surface area contributed by atoms with E-state index in [0.29, 0.717) is 0 Å². The summed E-state index contributed by atoms with van der Waals surface area (Å²) in [4.78, 5) is 6.42. The highest BCUT2D eigenvalue weighted by Crippen LogP contribution is 1.95. The molecule has 0 bridgehead atoms. The molecule has 0 amide bonds. The van der Waals surface area contributed by atoms with Crippen molar-refractivity contribution < 1.29 is 0 Å². The summed E-state index contributed by atoms with van der Waals surface area (Å²) in [7, 11) is 0. The topological polar surface area (TPSA) is 54.7 Å². The molecule has 1 aromatic heterocycles. The van der Waals surface area contributed by atoms with Crippen molar-refractivity contribution in [3.05, 3.63) is 49.1 Å². The lowest BCUT2D eigenvalue weighted by atomic mass is 10.3. The molecular weight excluding hydrogens is 150 g/mol. The summed E-state index contributed by atoms with van der Waals surface area (Å²) in [5.41, 5.74) is 6.18. The molecule has 0 aliphatic rings. The van der Waals surface area contributed by atoms with Crippen LogP contribution >= 0.6 is 0 Å². The number of nitrogens with two attached hydrogens (primary N) is 1. The average Bonchev–Trinajstić information content (AvgIpc) is 2.62. The van der Waals surface area contributed by atoms with Crippen LogP contribution in [0.25, 0.3) is 0 Å². The Morgan fingerprint density at radius 1 is 1.17 bits per heavy atom. The lowest BCUT2D eigenvalue weighted by molar-refractivity contribution is 1.31. The normalized spacial score (nSPS) is 8.33. The van der Waals surface area contributed by atoms with Crippen molar-refractivity contribution in [3.63, 3.8) is 0 Å². The smallest absolute Gasteiger partial charge is 0.0919 e. The SMILES string of the molecule is Nc1ccccc1.c1c[nH]cn1. The van der Waals surface area contributed by atoms with Gasteiger partial charge in [0.25, 0.3) is 0 Å². The summed E-state index contributed by atoms with van der Waals surface area (Å²) in [5.74, 6) is 0. The van der Waals surface area contributed by atoms with Gasteiger partial charge in [-0.2, -0.15) is 0 Å². The lowest BCUT2D eigenvalue weighted by Gasteiger charge is -1.83. The van der Waals surface area contributed by atoms with Gasteiger partial charge in [-0.15, -0.1) is 0 Å². The van der Waals surface area contributed by atoms with E-state index in [1.54, 1.807) is 18.7 Å². The number of imidazole rings is 1. The minimum atomic E-state index is 0.822. The molecule has 0 spiro atoms. The Kier molecular flexibility index (Phi) is 3.44. The fourth-order valence-electron chi connectivity index (χ4n) is 0.668. The summed E-state index contributed by atoms with van der Waals surface area (Å²) in [6.07, 6.45) is 5.08. The van der Waals surface area contributed by atoms with Gasteiger partial charge in [-0.3, -0.25) is 0 Å². The molecule has 0 saturated carbocycles. The van der Waals surface area contributed by atoms with Crippen molar-refractivity contribution in [2.24, 2.45) is 0 Å². The first-order chi connectivity index (χ1) is 5.89. The van der Waals surface area contributed by atoms with E-state index < -0.39 is 0 Å². The highest BCUT2D eigenvalue weighted by molar-refractivity contribution is 5.35. The Morgan fingerprint density at radius 3 is 2.17 bits per heavy atom. The quantitative estimate of drug-likeness (QED) is 0.577. The van der Waals surface area contributed by atoms with Crippen molar-refractivity contribution in [1.29, 1.82) is 0 Å². The maximum Gasteiger partial charge on any atom is 0.0919 e. The van der Waals surface area contributed by atoms with E-state index >= 15 is 0 Å². The van der Waals surface area contributed by atoms with Crippen molar-refractivity contribution in [3.8, 4) is 0 Å². The number of H-pyrrole nitrogens is 1. The molecule has 2 rings (SSSR count). The Bertz CT molecular complexity index is 259. The summed E-state index contributed by atoms with van der Waals surface area (Å²) in [6, 6.07) is 9.49. The number of benzene rings is 1. The molecule has 0 atom stereocenters. The largest absolute Gasteiger partial charge is 0.399 e. The van der Waals surface area contributed by atoms with E-state index in [1.807, 2.05) is 30.3 Å². The third-order valence-corrected chi connectivity index (χ3v) is 1.21. The van der Waals surface area contributed by atoms with Crippen LogP contribution in [0.2, 0.25) is 0 Å². The third-order valence-electron chi connectivity index (χ3n) is 1.21. The van der Waals surface area contributed by atoms with Gasteiger partial charge in [0, 0.05) is 18.1 Å². The summed E-state index contributed by atoms with van der Waals surface area (Å²) >= 11 is 0. The fourth-order valence-corrected chi connectivity index (χ4v) is 0.668. The van der Waals surface area contributed by atoms with Gasteiger partial charge in [-0.05, 0) is 12.1 Å². The molecule has 0 unspecified atom stereocenters. The minimum absolute atomic E-state index is 0.822. The summed E-state index contributed by atoms with van der Waals surface area (Å²) in [5, 5.41) is 0. The van der Waals surface area contributed by atoms with Gasteiger partial charge >= 0.3 is 0 Å². The first-order valence-corrected chi connectivity index (χ1v) is 3.63. The van der Waals surface area contributed by atoms with Gasteiger partial charge < -0.3 is 10.7 Å².